The van der Waals surface area contributed by atoms with Gasteiger partial charge in [-0.3, -0.25) is 4.79 Å². The number of benzene rings is 2. The highest BCUT2D eigenvalue weighted by Crippen LogP contribution is 2.09. The summed E-state index contributed by atoms with van der Waals surface area (Å²) in [6.45, 7) is 0.389. The largest absolute Gasteiger partial charge is 0.392 e. The van der Waals surface area contributed by atoms with Crippen LogP contribution in [0.15, 0.2) is 48.5 Å². The van der Waals surface area contributed by atoms with Crippen LogP contribution in [0.5, 0.6) is 0 Å². The van der Waals surface area contributed by atoms with Crippen LogP contribution >= 0.6 is 0 Å². The summed E-state index contributed by atoms with van der Waals surface area (Å²) >= 11 is 0. The van der Waals surface area contributed by atoms with Crippen molar-refractivity contribution in [2.75, 3.05) is 0 Å². The van der Waals surface area contributed by atoms with Gasteiger partial charge in [-0.05, 0) is 35.2 Å². The average molecular weight is 294 g/mol. The fourth-order valence-electron chi connectivity index (χ4n) is 2.17. The van der Waals surface area contributed by atoms with E-state index in [2.05, 4.69) is 11.4 Å². The molecule has 0 saturated heterocycles. The lowest BCUT2D eigenvalue weighted by Gasteiger charge is -2.09. The van der Waals surface area contributed by atoms with Crippen LogP contribution in [0.4, 0.5) is 0 Å². The molecule has 1 amide bonds. The first kappa shape index (κ1) is 15.7. The van der Waals surface area contributed by atoms with Crippen molar-refractivity contribution in [2.45, 2.75) is 26.0 Å². The number of amides is 1. The van der Waals surface area contributed by atoms with Crippen LogP contribution < -0.4 is 5.32 Å². The molecule has 0 unspecified atom stereocenters. The van der Waals surface area contributed by atoms with Crippen molar-refractivity contribution in [3.63, 3.8) is 0 Å². The van der Waals surface area contributed by atoms with Gasteiger partial charge in [-0.15, -0.1) is 0 Å². The Kier molecular flexibility index (Phi) is 5.70. The Morgan fingerprint density at radius 1 is 1.09 bits per heavy atom. The number of hydrogen-bond donors (Lipinski definition) is 2. The zero-order valence-corrected chi connectivity index (χ0v) is 12.2. The topological polar surface area (TPSA) is 73.1 Å². The number of rotatable bonds is 6. The Morgan fingerprint density at radius 2 is 1.77 bits per heavy atom. The van der Waals surface area contributed by atoms with Gasteiger partial charge >= 0.3 is 0 Å². The number of carbonyl (C=O) groups excluding carboxylic acids is 1. The Hall–Kier alpha value is -2.64. The maximum atomic E-state index is 11.9. The molecule has 0 atom stereocenters. The second-order valence-corrected chi connectivity index (χ2v) is 5.01. The molecule has 0 spiro atoms. The highest BCUT2D eigenvalue weighted by atomic mass is 16.3. The van der Waals surface area contributed by atoms with E-state index in [4.69, 9.17) is 5.26 Å². The maximum Gasteiger partial charge on any atom is 0.220 e. The molecule has 4 heteroatoms. The summed E-state index contributed by atoms with van der Waals surface area (Å²) in [6, 6.07) is 16.8. The third-order valence-electron chi connectivity index (χ3n) is 3.49. The van der Waals surface area contributed by atoms with E-state index in [1.54, 1.807) is 12.1 Å². The summed E-state index contributed by atoms with van der Waals surface area (Å²) in [7, 11) is 0. The molecule has 22 heavy (non-hydrogen) atoms. The molecule has 0 saturated carbocycles. The van der Waals surface area contributed by atoms with Crippen molar-refractivity contribution >= 4 is 5.91 Å². The first-order valence-electron chi connectivity index (χ1n) is 7.16. The van der Waals surface area contributed by atoms with Gasteiger partial charge in [0.25, 0.3) is 0 Å². The summed E-state index contributed by atoms with van der Waals surface area (Å²) in [6.07, 6.45) is 1.03. The van der Waals surface area contributed by atoms with E-state index in [9.17, 15) is 9.90 Å². The van der Waals surface area contributed by atoms with Gasteiger partial charge < -0.3 is 10.4 Å². The molecule has 0 aliphatic rings. The van der Waals surface area contributed by atoms with Gasteiger partial charge in [0.15, 0.2) is 0 Å². The van der Waals surface area contributed by atoms with E-state index in [1.807, 2.05) is 36.4 Å². The van der Waals surface area contributed by atoms with Gasteiger partial charge in [-0.25, -0.2) is 0 Å². The highest BCUT2D eigenvalue weighted by Gasteiger charge is 2.05. The molecule has 0 radical (unpaired) electrons. The first-order valence-corrected chi connectivity index (χ1v) is 7.16. The van der Waals surface area contributed by atoms with Crippen molar-refractivity contribution in [1.82, 2.24) is 5.32 Å². The van der Waals surface area contributed by atoms with E-state index in [0.29, 0.717) is 24.9 Å². The van der Waals surface area contributed by atoms with Crippen LogP contribution in [0.1, 0.15) is 28.7 Å². The van der Waals surface area contributed by atoms with E-state index in [-0.39, 0.29) is 12.5 Å². The van der Waals surface area contributed by atoms with E-state index in [1.165, 1.54) is 0 Å². The monoisotopic (exact) mass is 294 g/mol. The standard InChI is InChI=1S/C18H18N2O2/c19-11-15-7-5-14(6-8-15)9-10-18(22)20-12-16-3-1-2-4-17(16)13-21/h1-8,21H,9-10,12-13H2,(H,20,22). The van der Waals surface area contributed by atoms with Crippen LogP contribution in [0.2, 0.25) is 0 Å². The van der Waals surface area contributed by atoms with Gasteiger partial charge in [-0.1, -0.05) is 36.4 Å². The summed E-state index contributed by atoms with van der Waals surface area (Å²) in [5.41, 5.74) is 3.41. The minimum absolute atomic E-state index is 0.0305. The fraction of sp³-hybridized carbons (Fsp3) is 0.222. The van der Waals surface area contributed by atoms with Gasteiger partial charge in [0.05, 0.1) is 18.2 Å². The minimum Gasteiger partial charge on any atom is -0.392 e. The van der Waals surface area contributed by atoms with Crippen LogP contribution in [0.25, 0.3) is 0 Å². The Labute approximate surface area is 130 Å². The van der Waals surface area contributed by atoms with Crippen molar-refractivity contribution in [3.8, 4) is 6.07 Å². The summed E-state index contributed by atoms with van der Waals surface area (Å²) < 4.78 is 0. The second-order valence-electron chi connectivity index (χ2n) is 5.01. The summed E-state index contributed by atoms with van der Waals surface area (Å²) in [5.74, 6) is -0.0305. The number of aliphatic hydroxyl groups is 1. The number of aryl methyl sites for hydroxylation is 1. The van der Waals surface area contributed by atoms with Crippen LogP contribution in [0, 0.1) is 11.3 Å². The van der Waals surface area contributed by atoms with Crippen molar-refractivity contribution in [3.05, 3.63) is 70.8 Å². The number of nitrogens with one attached hydrogen (secondary N) is 1. The Balaban J connectivity index is 1.81. The minimum atomic E-state index is -0.0305. The lowest BCUT2D eigenvalue weighted by Crippen LogP contribution is -2.23. The molecular weight excluding hydrogens is 276 g/mol. The molecule has 2 N–H and O–H groups in total. The van der Waals surface area contributed by atoms with Crippen LogP contribution in [-0.2, 0) is 24.4 Å². The number of carbonyl (C=O) groups is 1. The predicted octanol–water partition coefficient (Wildman–Crippen LogP) is 2.30. The van der Waals surface area contributed by atoms with Gasteiger partial charge in [0.2, 0.25) is 5.91 Å². The lowest BCUT2D eigenvalue weighted by molar-refractivity contribution is -0.121. The molecule has 0 aliphatic carbocycles. The molecule has 2 aromatic rings. The van der Waals surface area contributed by atoms with E-state index in [0.717, 1.165) is 16.7 Å². The van der Waals surface area contributed by atoms with Crippen molar-refractivity contribution in [2.24, 2.45) is 0 Å². The molecule has 4 nitrogen and oxygen atoms in total. The third-order valence-corrected chi connectivity index (χ3v) is 3.49. The smallest absolute Gasteiger partial charge is 0.220 e. The first-order chi connectivity index (χ1) is 10.7. The maximum absolute atomic E-state index is 11.9. The zero-order valence-electron chi connectivity index (χ0n) is 12.2. The van der Waals surface area contributed by atoms with E-state index >= 15 is 0 Å². The molecule has 0 bridgehead atoms. The number of aliphatic hydroxyl groups excluding tert-OH is 1. The normalized spacial score (nSPS) is 10.0. The zero-order chi connectivity index (χ0) is 15.8. The highest BCUT2D eigenvalue weighted by molar-refractivity contribution is 5.76. The number of hydrogen-bond acceptors (Lipinski definition) is 3. The molecule has 0 heterocycles. The molecule has 112 valence electrons. The van der Waals surface area contributed by atoms with Gasteiger partial charge in [0.1, 0.15) is 0 Å². The second kappa shape index (κ2) is 7.96. The van der Waals surface area contributed by atoms with E-state index < -0.39 is 0 Å². The SMILES string of the molecule is N#Cc1ccc(CCC(=O)NCc2ccccc2CO)cc1. The van der Waals surface area contributed by atoms with Gasteiger partial charge in [0, 0.05) is 13.0 Å². The summed E-state index contributed by atoms with van der Waals surface area (Å²) in [4.78, 5) is 11.9. The lowest BCUT2D eigenvalue weighted by atomic mass is 10.1. The predicted molar refractivity (Wildman–Crippen MR) is 83.7 cm³/mol. The number of nitriles is 1. The van der Waals surface area contributed by atoms with Gasteiger partial charge in [-0.2, -0.15) is 5.26 Å². The van der Waals surface area contributed by atoms with Crippen molar-refractivity contribution in [1.29, 1.82) is 5.26 Å². The molecule has 0 aromatic heterocycles. The quantitative estimate of drug-likeness (QED) is 0.858. The molecule has 0 fully saturated rings. The van der Waals surface area contributed by atoms with Crippen LogP contribution in [-0.4, -0.2) is 11.0 Å². The average Bonchev–Trinajstić information content (AvgIpc) is 2.58. The molecule has 2 rings (SSSR count). The third kappa shape index (κ3) is 4.44. The molecular formula is C18H18N2O2. The summed E-state index contributed by atoms with van der Waals surface area (Å²) in [5, 5.41) is 20.8. The Morgan fingerprint density at radius 3 is 2.41 bits per heavy atom. The Bertz CT molecular complexity index is 672. The van der Waals surface area contributed by atoms with Crippen LogP contribution in [0.3, 0.4) is 0 Å². The fourth-order valence-corrected chi connectivity index (χ4v) is 2.17. The number of nitrogens with zero attached hydrogens (tertiary/aromatic N) is 1. The van der Waals surface area contributed by atoms with Crippen molar-refractivity contribution < 1.29 is 9.90 Å². The molecule has 0 aliphatic heterocycles. The molecule has 2 aromatic carbocycles.